The molecule has 0 bridgehead atoms. The van der Waals surface area contributed by atoms with Gasteiger partial charge in [0.05, 0.1) is 0 Å². The summed E-state index contributed by atoms with van der Waals surface area (Å²) in [7, 11) is 0. The molecule has 0 fully saturated rings. The zero-order chi connectivity index (χ0) is 19.7. The predicted molar refractivity (Wildman–Crippen MR) is 109 cm³/mol. The van der Waals surface area contributed by atoms with Crippen LogP contribution in [0.2, 0.25) is 0 Å². The molecule has 136 valence electrons. The summed E-state index contributed by atoms with van der Waals surface area (Å²) in [6.07, 6.45) is 0. The minimum atomic E-state index is 0.0605. The minimum absolute atomic E-state index is 0.0605. The molecule has 0 saturated carbocycles. The zero-order valence-electron chi connectivity index (χ0n) is 15.7. The van der Waals surface area contributed by atoms with Crippen molar-refractivity contribution in [2.24, 2.45) is 4.99 Å². The summed E-state index contributed by atoms with van der Waals surface area (Å²) in [5.41, 5.74) is 1.90. The van der Waals surface area contributed by atoms with Gasteiger partial charge in [-0.3, -0.25) is 0 Å². The third kappa shape index (κ3) is 2.74. The Kier molecular flexibility index (Phi) is 4.43. The third-order valence-electron chi connectivity index (χ3n) is 5.00. The SMILES string of the molecule is CCN(CC)c1ccc2c(c1)Oc1cc(=C(C#N)C#N)c3ccccc3c1=N2. The second kappa shape index (κ2) is 7.06. The molecule has 1 aliphatic rings. The van der Waals surface area contributed by atoms with E-state index in [4.69, 9.17) is 9.73 Å². The van der Waals surface area contributed by atoms with Gasteiger partial charge in [0, 0.05) is 35.4 Å². The number of ether oxygens (including phenoxy) is 1. The maximum absolute atomic E-state index is 9.37. The molecular formula is C23H18N4O. The second-order valence-corrected chi connectivity index (χ2v) is 6.45. The average Bonchev–Trinajstić information content (AvgIpc) is 2.74. The van der Waals surface area contributed by atoms with Crippen LogP contribution in [-0.2, 0) is 0 Å². The highest BCUT2D eigenvalue weighted by molar-refractivity contribution is 5.90. The number of fused-ring (bicyclic) bond motifs is 4. The molecule has 0 radical (unpaired) electrons. The molecule has 0 unspecified atom stereocenters. The Bertz CT molecular complexity index is 1280. The van der Waals surface area contributed by atoms with Crippen LogP contribution in [0.4, 0.5) is 11.4 Å². The standard InChI is InChI=1S/C23H18N4O/c1-3-27(4-2)16-9-10-20-21(11-16)28-22-12-19(15(13-24)14-25)17-7-5-6-8-18(17)23(22)26-20/h5-12H,3-4H2,1-2H3. The first kappa shape index (κ1) is 17.6. The Morgan fingerprint density at radius 3 is 2.36 bits per heavy atom. The molecule has 0 aliphatic carbocycles. The first-order valence-electron chi connectivity index (χ1n) is 9.22. The fraction of sp³-hybridized carbons (Fsp3) is 0.174. The second-order valence-electron chi connectivity index (χ2n) is 6.45. The van der Waals surface area contributed by atoms with Gasteiger partial charge in [0.2, 0.25) is 0 Å². The van der Waals surface area contributed by atoms with Gasteiger partial charge in [-0.15, -0.1) is 0 Å². The van der Waals surface area contributed by atoms with Crippen LogP contribution in [0.25, 0.3) is 16.3 Å². The van der Waals surface area contributed by atoms with E-state index in [9.17, 15) is 10.5 Å². The van der Waals surface area contributed by atoms with Gasteiger partial charge in [-0.1, -0.05) is 24.3 Å². The molecular weight excluding hydrogens is 348 g/mol. The van der Waals surface area contributed by atoms with Gasteiger partial charge in [-0.25, -0.2) is 4.99 Å². The van der Waals surface area contributed by atoms with Crippen LogP contribution in [-0.4, -0.2) is 13.1 Å². The maximum atomic E-state index is 9.37. The molecule has 0 spiro atoms. The lowest BCUT2D eigenvalue weighted by Crippen LogP contribution is -2.22. The number of rotatable bonds is 3. The van der Waals surface area contributed by atoms with E-state index in [0.717, 1.165) is 40.6 Å². The van der Waals surface area contributed by atoms with E-state index in [1.54, 1.807) is 6.07 Å². The number of nitrogens with zero attached hydrogens (tertiary/aromatic N) is 4. The Balaban J connectivity index is 2.02. The van der Waals surface area contributed by atoms with Gasteiger partial charge in [0.1, 0.15) is 28.8 Å². The fourth-order valence-electron chi connectivity index (χ4n) is 3.58. The van der Waals surface area contributed by atoms with Crippen LogP contribution in [0.5, 0.6) is 11.5 Å². The zero-order valence-corrected chi connectivity index (χ0v) is 15.7. The molecule has 5 heteroatoms. The summed E-state index contributed by atoms with van der Waals surface area (Å²) < 4.78 is 6.19. The van der Waals surface area contributed by atoms with Crippen molar-refractivity contribution in [3.8, 4) is 23.6 Å². The first-order chi connectivity index (χ1) is 13.7. The Morgan fingerprint density at radius 1 is 0.964 bits per heavy atom. The third-order valence-corrected chi connectivity index (χ3v) is 5.00. The molecule has 1 heterocycles. The number of hydrogen-bond acceptors (Lipinski definition) is 5. The molecule has 1 aliphatic heterocycles. The summed E-state index contributed by atoms with van der Waals surface area (Å²) in [6.45, 7) is 6.03. The number of benzene rings is 3. The van der Waals surface area contributed by atoms with E-state index in [1.165, 1.54) is 0 Å². The molecule has 0 N–H and O–H groups in total. The van der Waals surface area contributed by atoms with E-state index in [2.05, 4.69) is 24.8 Å². The quantitative estimate of drug-likeness (QED) is 0.550. The minimum Gasteiger partial charge on any atom is -0.453 e. The van der Waals surface area contributed by atoms with E-state index in [0.29, 0.717) is 16.7 Å². The molecule has 3 aromatic rings. The Morgan fingerprint density at radius 2 is 1.68 bits per heavy atom. The lowest BCUT2D eigenvalue weighted by Gasteiger charge is -2.23. The predicted octanol–water partition coefficient (Wildman–Crippen LogP) is 3.94. The van der Waals surface area contributed by atoms with E-state index in [-0.39, 0.29) is 5.57 Å². The van der Waals surface area contributed by atoms with E-state index < -0.39 is 0 Å². The molecule has 0 amide bonds. The highest BCUT2D eigenvalue weighted by Gasteiger charge is 2.17. The molecule has 0 saturated heterocycles. The van der Waals surface area contributed by atoms with Crippen molar-refractivity contribution in [1.29, 1.82) is 10.5 Å². The monoisotopic (exact) mass is 366 g/mol. The number of nitriles is 2. The van der Waals surface area contributed by atoms with E-state index in [1.807, 2.05) is 48.5 Å². The summed E-state index contributed by atoms with van der Waals surface area (Å²) in [5.74, 6) is 1.23. The van der Waals surface area contributed by atoms with Crippen LogP contribution in [0.3, 0.4) is 0 Å². The molecule has 0 aromatic heterocycles. The normalized spacial score (nSPS) is 11.3. The largest absolute Gasteiger partial charge is 0.453 e. The van der Waals surface area contributed by atoms with Crippen molar-refractivity contribution in [3.05, 3.63) is 59.1 Å². The van der Waals surface area contributed by atoms with Crippen molar-refractivity contribution in [1.82, 2.24) is 0 Å². The number of hydrogen-bond donors (Lipinski definition) is 0. The van der Waals surface area contributed by atoms with Crippen LogP contribution in [0.1, 0.15) is 13.8 Å². The molecule has 4 rings (SSSR count). The smallest absolute Gasteiger partial charge is 0.155 e. The van der Waals surface area contributed by atoms with Gasteiger partial charge in [0.25, 0.3) is 0 Å². The van der Waals surface area contributed by atoms with Gasteiger partial charge in [-0.05, 0) is 37.4 Å². The van der Waals surface area contributed by atoms with Crippen molar-refractivity contribution in [2.45, 2.75) is 13.8 Å². The lowest BCUT2D eigenvalue weighted by molar-refractivity contribution is 0.471. The summed E-state index contributed by atoms with van der Waals surface area (Å²) in [4.78, 5) is 7.06. The van der Waals surface area contributed by atoms with Crippen LogP contribution in [0, 0.1) is 22.7 Å². The van der Waals surface area contributed by atoms with Gasteiger partial charge in [0.15, 0.2) is 11.5 Å². The molecule has 5 nitrogen and oxygen atoms in total. The van der Waals surface area contributed by atoms with Crippen molar-refractivity contribution in [3.63, 3.8) is 0 Å². The summed E-state index contributed by atoms with van der Waals surface area (Å²) in [5, 5.41) is 21.7. The van der Waals surface area contributed by atoms with Crippen LogP contribution < -0.4 is 20.2 Å². The first-order valence-corrected chi connectivity index (χ1v) is 9.22. The maximum Gasteiger partial charge on any atom is 0.155 e. The van der Waals surface area contributed by atoms with Crippen molar-refractivity contribution in [2.75, 3.05) is 18.0 Å². The fourth-order valence-corrected chi connectivity index (χ4v) is 3.58. The van der Waals surface area contributed by atoms with Gasteiger partial charge < -0.3 is 9.64 Å². The van der Waals surface area contributed by atoms with E-state index >= 15 is 0 Å². The average molecular weight is 366 g/mol. The highest BCUT2D eigenvalue weighted by atomic mass is 16.5. The molecule has 28 heavy (non-hydrogen) atoms. The highest BCUT2D eigenvalue weighted by Crippen LogP contribution is 2.37. The van der Waals surface area contributed by atoms with Crippen molar-refractivity contribution < 1.29 is 4.74 Å². The topological polar surface area (TPSA) is 72.4 Å². The molecule has 0 atom stereocenters. The van der Waals surface area contributed by atoms with Gasteiger partial charge >= 0.3 is 0 Å². The number of anilines is 1. The van der Waals surface area contributed by atoms with Gasteiger partial charge in [-0.2, -0.15) is 10.5 Å². The van der Waals surface area contributed by atoms with Crippen LogP contribution >= 0.6 is 0 Å². The Labute approximate surface area is 163 Å². The Hall–Kier alpha value is -3.83. The summed E-state index contributed by atoms with van der Waals surface area (Å²) >= 11 is 0. The lowest BCUT2D eigenvalue weighted by atomic mass is 10.0. The molecule has 3 aromatic carbocycles. The van der Waals surface area contributed by atoms with Crippen LogP contribution in [0.15, 0.2) is 53.5 Å². The summed E-state index contributed by atoms with van der Waals surface area (Å²) in [6, 6.07) is 19.4. The van der Waals surface area contributed by atoms with Crippen molar-refractivity contribution >= 4 is 27.7 Å².